The predicted octanol–water partition coefficient (Wildman–Crippen LogP) is 16.5. The predicted molar refractivity (Wildman–Crippen MR) is 296 cm³/mol. The maximum atomic E-state index is 15.7. The molecule has 0 fully saturated rings. The van der Waals surface area contributed by atoms with E-state index in [4.69, 9.17) is 0 Å². The highest BCUT2D eigenvalue weighted by Gasteiger charge is 2.37. The molecule has 0 aliphatic heterocycles. The third-order valence-electron chi connectivity index (χ3n) is 14.3. The molecule has 12 aromatic rings. The largest absolute Gasteiger partial charge is 0.417 e. The van der Waals surface area contributed by atoms with Crippen molar-refractivity contribution < 1.29 is 13.2 Å². The quantitative estimate of drug-likeness (QED) is 0.155. The normalized spacial score (nSPS) is 11.2. The van der Waals surface area contributed by atoms with Crippen molar-refractivity contribution in [1.29, 1.82) is 31.6 Å². The van der Waals surface area contributed by atoms with Gasteiger partial charge in [-0.3, -0.25) is 0 Å². The minimum Gasteiger partial charge on any atom is -0.308 e. The number of fused-ring (bicyclic) bond motifs is 6. The van der Waals surface area contributed by atoms with E-state index in [1.807, 2.05) is 108 Å². The van der Waals surface area contributed by atoms with E-state index in [1.165, 1.54) is 12.1 Å². The van der Waals surface area contributed by atoms with Gasteiger partial charge in [-0.15, -0.1) is 0 Å². The van der Waals surface area contributed by atoms with Gasteiger partial charge in [-0.05, 0) is 136 Å². The summed E-state index contributed by atoms with van der Waals surface area (Å²) in [5, 5.41) is 65.5. The molecular formula is C67H33F3N8. The molecule has 0 bridgehead atoms. The van der Waals surface area contributed by atoms with Crippen LogP contribution in [-0.2, 0) is 6.18 Å². The lowest BCUT2D eigenvalue weighted by atomic mass is 9.90. The van der Waals surface area contributed by atoms with Gasteiger partial charge in [0.15, 0.2) is 0 Å². The van der Waals surface area contributed by atoms with Crippen molar-refractivity contribution in [3.8, 4) is 103 Å². The number of hydrogen-bond donors (Lipinski definition) is 0. The summed E-state index contributed by atoms with van der Waals surface area (Å²) in [4.78, 5) is 0. The topological polar surface area (TPSA) is 153 Å². The van der Waals surface area contributed by atoms with E-state index in [9.17, 15) is 31.6 Å². The molecule has 10 aromatic carbocycles. The Morgan fingerprint density at radius 3 is 1.04 bits per heavy atom. The first-order valence-electron chi connectivity index (χ1n) is 24.4. The van der Waals surface area contributed by atoms with Gasteiger partial charge in [0, 0.05) is 32.7 Å². The molecule has 0 spiro atoms. The second-order valence-corrected chi connectivity index (χ2v) is 18.7. The van der Waals surface area contributed by atoms with Gasteiger partial charge < -0.3 is 9.13 Å². The zero-order chi connectivity index (χ0) is 53.8. The SMILES string of the molecule is N#Cc1cccc(-c2ccc3c4ccc(-c5cccc(C#N)c5)cc4n(-c4ccc(-c5c(C#N)cccc5C(F)(F)F)c(-n5c6cc(-c7cccc(C#N)c7)ccc6c6ccc(-c7cccc(C#N)c7)cc65)c4C#N)c3c2)c1. The standard InChI is InChI=1S/C67H33F3N8/c68-67(69,70)59-15-5-14-52(38-75)65(59)57-24-25-60(77-61-30-48(44-10-1-6-40(26-44)34-71)16-20-53(61)54-21-17-49(31-62(54)77)45-11-2-7-41(27-45)35-72)58(39-76)66(57)78-63-32-50(46-12-3-8-42(28-46)36-73)18-22-55(63)56-23-19-51(33-64(56)78)47-13-4-9-43(29-47)37-74/h1-33H. The lowest BCUT2D eigenvalue weighted by Crippen LogP contribution is -2.11. The highest BCUT2D eigenvalue weighted by molar-refractivity contribution is 6.14. The van der Waals surface area contributed by atoms with Crippen LogP contribution in [0.25, 0.3) is 111 Å². The van der Waals surface area contributed by atoms with Crippen LogP contribution in [0, 0.1) is 68.0 Å². The van der Waals surface area contributed by atoms with E-state index in [0.717, 1.165) is 39.1 Å². The molecule has 0 atom stereocenters. The number of rotatable bonds is 7. The Morgan fingerprint density at radius 2 is 0.692 bits per heavy atom. The number of nitriles is 6. The van der Waals surface area contributed by atoms with Crippen molar-refractivity contribution in [2.24, 2.45) is 0 Å². The number of benzene rings is 10. The smallest absolute Gasteiger partial charge is 0.308 e. The van der Waals surface area contributed by atoms with Gasteiger partial charge in [0.25, 0.3) is 0 Å². The van der Waals surface area contributed by atoms with Crippen LogP contribution >= 0.6 is 0 Å². The monoisotopic (exact) mass is 1010 g/mol. The molecular weight excluding hydrogens is 974 g/mol. The van der Waals surface area contributed by atoms with E-state index in [-0.39, 0.29) is 22.4 Å². The Morgan fingerprint density at radius 1 is 0.333 bits per heavy atom. The molecule has 0 saturated carbocycles. The van der Waals surface area contributed by atoms with Gasteiger partial charge in [-0.2, -0.15) is 44.7 Å². The Hall–Kier alpha value is -11.5. The van der Waals surface area contributed by atoms with Crippen LogP contribution in [-0.4, -0.2) is 9.13 Å². The maximum Gasteiger partial charge on any atom is 0.417 e. The molecule has 0 amide bonds. The Labute approximate surface area is 444 Å². The van der Waals surface area contributed by atoms with E-state index >= 15 is 13.2 Å². The molecule has 11 heteroatoms. The van der Waals surface area contributed by atoms with Crippen molar-refractivity contribution in [1.82, 2.24) is 9.13 Å². The van der Waals surface area contributed by atoms with Crippen LogP contribution < -0.4 is 0 Å². The summed E-state index contributed by atoms with van der Waals surface area (Å²) in [5.41, 5.74) is 8.31. The van der Waals surface area contributed by atoms with Crippen LogP contribution in [0.2, 0.25) is 0 Å². The molecule has 2 heterocycles. The van der Waals surface area contributed by atoms with Gasteiger partial charge in [0.2, 0.25) is 0 Å². The third kappa shape index (κ3) is 7.90. The zero-order valence-corrected chi connectivity index (χ0v) is 40.8. The summed E-state index contributed by atoms with van der Waals surface area (Å²) >= 11 is 0. The van der Waals surface area contributed by atoms with Gasteiger partial charge in [-0.25, -0.2) is 0 Å². The van der Waals surface area contributed by atoms with Gasteiger partial charge in [-0.1, -0.05) is 109 Å². The average Bonchev–Trinajstić information content (AvgIpc) is 4.18. The van der Waals surface area contributed by atoms with Crippen molar-refractivity contribution in [3.05, 3.63) is 239 Å². The number of halogens is 3. The summed E-state index contributed by atoms with van der Waals surface area (Å²) in [5.74, 6) is 0. The lowest BCUT2D eigenvalue weighted by Gasteiger charge is -2.23. The second-order valence-electron chi connectivity index (χ2n) is 18.7. The number of alkyl halides is 3. The summed E-state index contributed by atoms with van der Waals surface area (Å²) < 4.78 is 50.7. The molecule has 78 heavy (non-hydrogen) atoms. The van der Waals surface area contributed by atoms with Crippen LogP contribution in [0.5, 0.6) is 0 Å². The molecule has 0 aliphatic rings. The van der Waals surface area contributed by atoms with Crippen LogP contribution in [0.4, 0.5) is 13.2 Å². The fraction of sp³-hybridized carbons (Fsp3) is 0.0149. The van der Waals surface area contributed by atoms with Crippen LogP contribution in [0.3, 0.4) is 0 Å². The first kappa shape index (κ1) is 47.5. The fourth-order valence-corrected chi connectivity index (χ4v) is 10.8. The van der Waals surface area contributed by atoms with Crippen molar-refractivity contribution in [3.63, 3.8) is 0 Å². The van der Waals surface area contributed by atoms with E-state index < -0.39 is 17.3 Å². The number of nitrogens with zero attached hydrogens (tertiary/aromatic N) is 8. The minimum atomic E-state index is -4.95. The summed E-state index contributed by atoms with van der Waals surface area (Å²) in [7, 11) is 0. The third-order valence-corrected chi connectivity index (χ3v) is 14.3. The van der Waals surface area contributed by atoms with E-state index in [1.54, 1.807) is 89.5 Å². The average molecular weight is 1010 g/mol. The second kappa shape index (κ2) is 18.8. The van der Waals surface area contributed by atoms with Crippen LogP contribution in [0.15, 0.2) is 200 Å². The molecule has 0 saturated heterocycles. The zero-order valence-electron chi connectivity index (χ0n) is 40.8. The molecule has 8 nitrogen and oxygen atoms in total. The van der Waals surface area contributed by atoms with Crippen LogP contribution in [0.1, 0.15) is 38.9 Å². The minimum absolute atomic E-state index is 0.0338. The first-order chi connectivity index (χ1) is 38.0. The van der Waals surface area contributed by atoms with E-state index in [2.05, 4.69) is 30.3 Å². The molecule has 0 N–H and O–H groups in total. The molecule has 0 radical (unpaired) electrons. The maximum absolute atomic E-state index is 15.7. The number of aromatic nitrogens is 2. The van der Waals surface area contributed by atoms with E-state index in [0.29, 0.717) is 83.0 Å². The molecule has 362 valence electrons. The molecule has 0 aliphatic carbocycles. The van der Waals surface area contributed by atoms with Gasteiger partial charge in [0.05, 0.1) is 97.2 Å². The molecule has 2 aromatic heterocycles. The Bertz CT molecular complexity index is 4590. The molecule has 0 unspecified atom stereocenters. The van der Waals surface area contributed by atoms with Gasteiger partial charge in [0.1, 0.15) is 11.6 Å². The molecule has 12 rings (SSSR count). The summed E-state index contributed by atoms with van der Waals surface area (Å²) in [6.45, 7) is 0. The van der Waals surface area contributed by atoms with Gasteiger partial charge >= 0.3 is 6.18 Å². The highest BCUT2D eigenvalue weighted by Crippen LogP contribution is 2.48. The van der Waals surface area contributed by atoms with Crippen molar-refractivity contribution >= 4 is 43.6 Å². The van der Waals surface area contributed by atoms with Crippen molar-refractivity contribution in [2.75, 3.05) is 0 Å². The Balaban J connectivity index is 1.27. The number of hydrogen-bond acceptors (Lipinski definition) is 6. The Kier molecular flexibility index (Phi) is 11.4. The summed E-state index contributed by atoms with van der Waals surface area (Å²) in [6.07, 6.45) is -4.95. The highest BCUT2D eigenvalue weighted by atomic mass is 19.4. The lowest BCUT2D eigenvalue weighted by molar-refractivity contribution is -0.137. The summed E-state index contributed by atoms with van der Waals surface area (Å²) in [6, 6.07) is 71.7. The van der Waals surface area contributed by atoms with Crippen molar-refractivity contribution in [2.45, 2.75) is 6.18 Å². The fourth-order valence-electron chi connectivity index (χ4n) is 10.8. The first-order valence-corrected chi connectivity index (χ1v) is 24.4.